The van der Waals surface area contributed by atoms with Crippen molar-refractivity contribution >= 4 is 24.4 Å². The van der Waals surface area contributed by atoms with Crippen LogP contribution >= 0.6 is 11.3 Å². The standard InChI is InChI=1S/C17H27BO4S/c1-6-20-15(19)10-9-13(12-14-8-7-11-23-14)18-21-16(2,3)17(4,5)22-18/h7-8,11,13H,6,9-10,12H2,1-5H3. The zero-order valence-corrected chi connectivity index (χ0v) is 15.6. The minimum atomic E-state index is -0.352. The third-order valence-electron chi connectivity index (χ3n) is 4.72. The third kappa shape index (κ3) is 4.58. The molecular formula is C17H27BO4S. The Kier molecular flexibility index (Phi) is 5.92. The van der Waals surface area contributed by atoms with E-state index in [0.29, 0.717) is 19.4 Å². The average molecular weight is 338 g/mol. The Bertz CT molecular complexity index is 497. The molecule has 0 spiro atoms. The number of carbonyl (C=O) groups excluding carboxylic acids is 1. The molecule has 1 atom stereocenters. The number of hydrogen-bond acceptors (Lipinski definition) is 5. The molecule has 2 rings (SSSR count). The van der Waals surface area contributed by atoms with Crippen molar-refractivity contribution in [3.05, 3.63) is 22.4 Å². The summed E-state index contributed by atoms with van der Waals surface area (Å²) in [5.74, 6) is -0.0145. The molecule has 6 heteroatoms. The summed E-state index contributed by atoms with van der Waals surface area (Å²) in [4.78, 5) is 13.0. The largest absolute Gasteiger partial charge is 0.466 e. The van der Waals surface area contributed by atoms with Crippen molar-refractivity contribution in [3.8, 4) is 0 Å². The molecule has 1 unspecified atom stereocenters. The highest BCUT2D eigenvalue weighted by molar-refractivity contribution is 7.09. The van der Waals surface area contributed by atoms with Crippen LogP contribution in [0.25, 0.3) is 0 Å². The SMILES string of the molecule is CCOC(=O)CCC(Cc1cccs1)B1OC(C)(C)C(C)(C)O1. The number of thiophene rings is 1. The second-order valence-corrected chi connectivity index (χ2v) is 8.04. The second-order valence-electron chi connectivity index (χ2n) is 7.01. The van der Waals surface area contributed by atoms with Gasteiger partial charge in [-0.3, -0.25) is 4.79 Å². The van der Waals surface area contributed by atoms with Gasteiger partial charge in [0.2, 0.25) is 0 Å². The van der Waals surface area contributed by atoms with Crippen molar-refractivity contribution in [1.29, 1.82) is 0 Å². The molecule has 23 heavy (non-hydrogen) atoms. The molecule has 2 heterocycles. The molecule has 0 aromatic carbocycles. The van der Waals surface area contributed by atoms with Gasteiger partial charge in [-0.2, -0.15) is 0 Å². The molecule has 0 aliphatic carbocycles. The normalized spacial score (nSPS) is 20.5. The molecule has 1 aromatic heterocycles. The van der Waals surface area contributed by atoms with Crippen LogP contribution in [-0.2, 0) is 25.3 Å². The molecule has 0 saturated carbocycles. The highest BCUT2D eigenvalue weighted by Crippen LogP contribution is 2.42. The van der Waals surface area contributed by atoms with Gasteiger partial charge in [-0.05, 0) is 64.7 Å². The minimum Gasteiger partial charge on any atom is -0.466 e. The molecule has 4 nitrogen and oxygen atoms in total. The number of hydrogen-bond donors (Lipinski definition) is 0. The fraction of sp³-hybridized carbons (Fsp3) is 0.706. The fourth-order valence-corrected chi connectivity index (χ4v) is 3.44. The van der Waals surface area contributed by atoms with Gasteiger partial charge in [0.15, 0.2) is 0 Å². The first-order chi connectivity index (χ1) is 10.7. The van der Waals surface area contributed by atoms with Gasteiger partial charge in [0, 0.05) is 11.3 Å². The van der Waals surface area contributed by atoms with Crippen molar-refractivity contribution in [3.63, 3.8) is 0 Å². The van der Waals surface area contributed by atoms with E-state index in [1.165, 1.54) is 4.88 Å². The predicted molar refractivity (Wildman–Crippen MR) is 93.7 cm³/mol. The summed E-state index contributed by atoms with van der Waals surface area (Å²) in [7, 11) is -0.295. The van der Waals surface area contributed by atoms with Crippen LogP contribution in [0.4, 0.5) is 0 Å². The van der Waals surface area contributed by atoms with Crippen molar-refractivity contribution in [1.82, 2.24) is 0 Å². The molecule has 1 aliphatic heterocycles. The van der Waals surface area contributed by atoms with E-state index in [1.807, 2.05) is 13.0 Å². The average Bonchev–Trinajstić information content (AvgIpc) is 3.01. The number of rotatable bonds is 7. The van der Waals surface area contributed by atoms with Gasteiger partial charge in [0.05, 0.1) is 17.8 Å². The summed E-state index contributed by atoms with van der Waals surface area (Å²) in [6.45, 7) is 10.5. The molecule has 1 aliphatic rings. The van der Waals surface area contributed by atoms with E-state index >= 15 is 0 Å². The predicted octanol–water partition coefficient (Wildman–Crippen LogP) is 4.10. The van der Waals surface area contributed by atoms with Gasteiger partial charge in [0.1, 0.15) is 0 Å². The van der Waals surface area contributed by atoms with E-state index in [-0.39, 0.29) is 30.1 Å². The first-order valence-electron chi connectivity index (χ1n) is 8.29. The van der Waals surface area contributed by atoms with E-state index in [2.05, 4.69) is 39.1 Å². The van der Waals surface area contributed by atoms with Crippen LogP contribution in [0.2, 0.25) is 5.82 Å². The molecule has 1 saturated heterocycles. The zero-order chi connectivity index (χ0) is 17.1. The van der Waals surface area contributed by atoms with Crippen LogP contribution in [0.3, 0.4) is 0 Å². The highest BCUT2D eigenvalue weighted by atomic mass is 32.1. The molecule has 128 valence electrons. The lowest BCUT2D eigenvalue weighted by Gasteiger charge is -2.32. The minimum absolute atomic E-state index is 0.138. The summed E-state index contributed by atoms with van der Waals surface area (Å²) in [5.41, 5.74) is -0.704. The highest BCUT2D eigenvalue weighted by Gasteiger charge is 2.53. The van der Waals surface area contributed by atoms with E-state index in [0.717, 1.165) is 6.42 Å². The Morgan fingerprint density at radius 2 is 1.96 bits per heavy atom. The van der Waals surface area contributed by atoms with Gasteiger partial charge in [-0.15, -0.1) is 11.3 Å². The van der Waals surface area contributed by atoms with Gasteiger partial charge in [-0.25, -0.2) is 0 Å². The van der Waals surface area contributed by atoms with Gasteiger partial charge in [0.25, 0.3) is 0 Å². The molecule has 1 aromatic rings. The Hall–Kier alpha value is -0.845. The number of carbonyl (C=O) groups is 1. The Balaban J connectivity index is 2.06. The van der Waals surface area contributed by atoms with Crippen molar-refractivity contribution in [2.24, 2.45) is 0 Å². The lowest BCUT2D eigenvalue weighted by Crippen LogP contribution is -2.41. The number of ether oxygens (including phenoxy) is 1. The summed E-state index contributed by atoms with van der Waals surface area (Å²) >= 11 is 1.73. The van der Waals surface area contributed by atoms with Gasteiger partial charge < -0.3 is 14.0 Å². The first kappa shape index (κ1) is 18.5. The molecule has 1 fully saturated rings. The van der Waals surface area contributed by atoms with Crippen LogP contribution in [0, 0.1) is 0 Å². The first-order valence-corrected chi connectivity index (χ1v) is 9.17. The van der Waals surface area contributed by atoms with E-state index in [4.69, 9.17) is 14.0 Å². The lowest BCUT2D eigenvalue weighted by molar-refractivity contribution is -0.143. The summed E-state index contributed by atoms with van der Waals surface area (Å²) in [6, 6.07) is 4.17. The Morgan fingerprint density at radius 1 is 1.30 bits per heavy atom. The van der Waals surface area contributed by atoms with Gasteiger partial charge in [-0.1, -0.05) is 6.07 Å². The molecule has 0 amide bonds. The quantitative estimate of drug-likeness (QED) is 0.555. The number of esters is 1. The zero-order valence-electron chi connectivity index (χ0n) is 14.8. The second kappa shape index (κ2) is 7.37. The topological polar surface area (TPSA) is 44.8 Å². The molecule has 0 N–H and O–H groups in total. The molecular weight excluding hydrogens is 311 g/mol. The van der Waals surface area contributed by atoms with E-state index in [9.17, 15) is 4.79 Å². The van der Waals surface area contributed by atoms with Crippen molar-refractivity contribution < 1.29 is 18.8 Å². The Labute approximate surface area is 143 Å². The third-order valence-corrected chi connectivity index (χ3v) is 5.62. The van der Waals surface area contributed by atoms with E-state index in [1.54, 1.807) is 11.3 Å². The maximum atomic E-state index is 11.7. The van der Waals surface area contributed by atoms with Crippen LogP contribution in [-0.4, -0.2) is 30.9 Å². The van der Waals surface area contributed by atoms with Crippen molar-refractivity contribution in [2.45, 2.75) is 70.9 Å². The maximum absolute atomic E-state index is 11.7. The Morgan fingerprint density at radius 3 is 2.48 bits per heavy atom. The molecule has 0 radical (unpaired) electrons. The summed E-state index contributed by atoms with van der Waals surface area (Å²) in [6.07, 6.45) is 1.95. The fourth-order valence-electron chi connectivity index (χ4n) is 2.64. The van der Waals surface area contributed by atoms with E-state index < -0.39 is 0 Å². The van der Waals surface area contributed by atoms with Crippen LogP contribution in [0.5, 0.6) is 0 Å². The molecule has 0 bridgehead atoms. The van der Waals surface area contributed by atoms with Crippen LogP contribution < -0.4 is 0 Å². The van der Waals surface area contributed by atoms with Crippen LogP contribution in [0.15, 0.2) is 17.5 Å². The van der Waals surface area contributed by atoms with Gasteiger partial charge >= 0.3 is 13.1 Å². The lowest BCUT2D eigenvalue weighted by atomic mass is 9.67. The summed E-state index contributed by atoms with van der Waals surface area (Å²) < 4.78 is 17.4. The maximum Gasteiger partial charge on any atom is 0.461 e. The smallest absolute Gasteiger partial charge is 0.461 e. The van der Waals surface area contributed by atoms with Crippen LogP contribution in [0.1, 0.15) is 52.3 Å². The summed E-state index contributed by atoms with van der Waals surface area (Å²) in [5, 5.41) is 2.07. The van der Waals surface area contributed by atoms with Crippen molar-refractivity contribution in [2.75, 3.05) is 6.61 Å². The monoisotopic (exact) mass is 338 g/mol.